The summed E-state index contributed by atoms with van der Waals surface area (Å²) in [5.41, 5.74) is -4.24. The Kier molecular flexibility index (Phi) is 7.98. The fraction of sp³-hybridized carbons (Fsp3) is 0.889. The van der Waals surface area contributed by atoms with Gasteiger partial charge in [-0.05, 0) is 0 Å². The third-order valence-corrected chi connectivity index (χ3v) is 6.54. The monoisotopic (exact) mass is 532 g/mol. The minimum atomic E-state index is -4.24. The van der Waals surface area contributed by atoms with Gasteiger partial charge in [-0.2, -0.15) is 0 Å². The number of aliphatic hydroxyl groups is 12. The minimum Gasteiger partial charge on any atom is -0.445 e. The van der Waals surface area contributed by atoms with E-state index in [-0.39, 0.29) is 0 Å². The van der Waals surface area contributed by atoms with Crippen LogP contribution in [-0.4, -0.2) is 171 Å². The molecule has 2 unspecified atom stereocenters. The van der Waals surface area contributed by atoms with Crippen molar-refractivity contribution in [2.75, 3.05) is 19.8 Å². The Hall–Kier alpha value is -1.62. The first kappa shape index (κ1) is 28.9. The summed E-state index contributed by atoms with van der Waals surface area (Å²) in [6, 6.07) is 0. The van der Waals surface area contributed by atoms with Crippen LogP contribution in [0, 0.1) is 0 Å². The van der Waals surface area contributed by atoms with Crippen LogP contribution in [0.4, 0.5) is 0 Å². The molecule has 12 N–H and O–H groups in total. The summed E-state index contributed by atoms with van der Waals surface area (Å²) >= 11 is 0. The number of carbonyl (C=O) groups is 2. The van der Waals surface area contributed by atoms with Crippen molar-refractivity contribution in [3.63, 3.8) is 0 Å². The van der Waals surface area contributed by atoms with E-state index in [1.165, 1.54) is 0 Å². The lowest BCUT2D eigenvalue weighted by atomic mass is 9.69. The Balaban J connectivity index is 2.27. The predicted molar refractivity (Wildman–Crippen MR) is 102 cm³/mol. The van der Waals surface area contributed by atoms with Crippen LogP contribution >= 0.6 is 0 Å². The van der Waals surface area contributed by atoms with Crippen LogP contribution in [0.1, 0.15) is 0 Å². The molecule has 0 aliphatic carbocycles. The van der Waals surface area contributed by atoms with Crippen LogP contribution in [0.25, 0.3) is 0 Å². The number of carbonyl (C=O) groups excluding carboxylic acids is 2. The highest BCUT2D eigenvalue weighted by Gasteiger charge is 2.81. The average molecular weight is 532 g/mol. The molecule has 3 rings (SSSR count). The Labute approximate surface area is 200 Å². The summed E-state index contributed by atoms with van der Waals surface area (Å²) in [6.45, 7) is -3.59. The largest absolute Gasteiger partial charge is 0.445 e. The van der Waals surface area contributed by atoms with Gasteiger partial charge in [0.05, 0.1) is 19.8 Å². The van der Waals surface area contributed by atoms with Gasteiger partial charge in [0.1, 0.15) is 48.8 Å². The molecule has 18 heteroatoms. The van der Waals surface area contributed by atoms with Gasteiger partial charge in [0.15, 0.2) is 0 Å². The van der Waals surface area contributed by atoms with Crippen LogP contribution in [0.3, 0.4) is 0 Å². The Morgan fingerprint density at radius 3 is 1.44 bits per heavy atom. The van der Waals surface area contributed by atoms with E-state index in [1.807, 2.05) is 0 Å². The van der Waals surface area contributed by atoms with E-state index >= 15 is 0 Å². The number of hydrogen-bond donors (Lipinski definition) is 12. The van der Waals surface area contributed by atoms with Crippen molar-refractivity contribution >= 4 is 11.9 Å². The zero-order valence-electron chi connectivity index (χ0n) is 18.2. The standard InChI is InChI=1S/C18H28O18/c19-1-4-7(22)9(24)11(26)17(31,35-4)16(30,13-15(29)33-6(3-21)14(28)34-13)18(32)12(27)10(25)8(23)5(2-20)36-18/h4-13,19-27,30-32H,1-3H2/t4-,5-,6?,7+,8+,9+,10+,11-,12-,13?,17+,18+/m1/s1. The summed E-state index contributed by atoms with van der Waals surface area (Å²) in [6.07, 6.45) is -24.4. The van der Waals surface area contributed by atoms with E-state index < -0.39 is 110 Å². The number of esters is 2. The molecule has 0 radical (unpaired) electrons. The van der Waals surface area contributed by atoms with Gasteiger partial charge in [-0.15, -0.1) is 0 Å². The number of ether oxygens (including phenoxy) is 4. The maximum absolute atomic E-state index is 12.7. The zero-order chi connectivity index (χ0) is 27.4. The van der Waals surface area contributed by atoms with Gasteiger partial charge in [0.25, 0.3) is 0 Å². The fourth-order valence-electron chi connectivity index (χ4n) is 4.43. The van der Waals surface area contributed by atoms with E-state index in [1.54, 1.807) is 0 Å². The second kappa shape index (κ2) is 9.93. The van der Waals surface area contributed by atoms with Crippen LogP contribution in [0.2, 0.25) is 0 Å². The van der Waals surface area contributed by atoms with Crippen molar-refractivity contribution in [2.24, 2.45) is 0 Å². The normalized spacial score (nSPS) is 48.3. The first-order chi connectivity index (χ1) is 16.7. The maximum Gasteiger partial charge on any atom is 0.351 e. The lowest BCUT2D eigenvalue weighted by Crippen LogP contribution is -2.88. The van der Waals surface area contributed by atoms with Gasteiger partial charge < -0.3 is 80.2 Å². The average Bonchev–Trinajstić information content (AvgIpc) is 2.86. The van der Waals surface area contributed by atoms with Crippen molar-refractivity contribution in [3.05, 3.63) is 0 Å². The van der Waals surface area contributed by atoms with Crippen molar-refractivity contribution < 1.29 is 89.8 Å². The smallest absolute Gasteiger partial charge is 0.351 e. The third kappa shape index (κ3) is 3.90. The molecular formula is C18H28O18. The summed E-state index contributed by atoms with van der Waals surface area (Å²) in [5, 5.41) is 124. The van der Waals surface area contributed by atoms with Gasteiger partial charge in [-0.1, -0.05) is 0 Å². The molecule has 3 saturated heterocycles. The van der Waals surface area contributed by atoms with Crippen molar-refractivity contribution in [3.8, 4) is 0 Å². The second-order valence-electron chi connectivity index (χ2n) is 8.61. The molecule has 3 aliphatic rings. The van der Waals surface area contributed by atoms with E-state index in [0.29, 0.717) is 0 Å². The Morgan fingerprint density at radius 2 is 1.08 bits per heavy atom. The van der Waals surface area contributed by atoms with Gasteiger partial charge in [0.2, 0.25) is 29.4 Å². The van der Waals surface area contributed by atoms with Gasteiger partial charge >= 0.3 is 11.9 Å². The van der Waals surface area contributed by atoms with E-state index in [0.717, 1.165) is 0 Å². The molecule has 0 aromatic heterocycles. The maximum atomic E-state index is 12.7. The summed E-state index contributed by atoms with van der Waals surface area (Å²) in [7, 11) is 0. The SMILES string of the molecule is O=C1OC(C(O)([C@@]2(O)O[C@H](CO)[C@H](O)[C@H](O)[C@H]2O)[C@@]2(O)O[C@H](CO)[C@H](O)[C@H](O)[C@H]2O)C(=O)OC1CO. The third-order valence-electron chi connectivity index (χ3n) is 6.54. The molecule has 0 amide bonds. The van der Waals surface area contributed by atoms with Crippen LogP contribution < -0.4 is 0 Å². The van der Waals surface area contributed by atoms with E-state index in [2.05, 4.69) is 4.74 Å². The van der Waals surface area contributed by atoms with Gasteiger partial charge in [-0.3, -0.25) is 0 Å². The highest BCUT2D eigenvalue weighted by molar-refractivity contribution is 5.88. The van der Waals surface area contributed by atoms with Crippen molar-refractivity contribution in [1.29, 1.82) is 0 Å². The highest BCUT2D eigenvalue weighted by atomic mass is 16.7. The quantitative estimate of drug-likeness (QED) is 0.141. The molecular weight excluding hydrogens is 504 g/mol. The first-order valence-corrected chi connectivity index (χ1v) is 10.5. The van der Waals surface area contributed by atoms with Gasteiger partial charge in [-0.25, -0.2) is 9.59 Å². The number of rotatable bonds is 6. The summed E-state index contributed by atoms with van der Waals surface area (Å²) in [5.74, 6) is -11.5. The molecule has 36 heavy (non-hydrogen) atoms. The molecule has 208 valence electrons. The predicted octanol–water partition coefficient (Wildman–Crippen LogP) is -9.13. The number of hydrogen-bond acceptors (Lipinski definition) is 18. The lowest BCUT2D eigenvalue weighted by Gasteiger charge is -2.60. The molecule has 0 aromatic carbocycles. The number of cyclic esters (lactones) is 2. The first-order valence-electron chi connectivity index (χ1n) is 10.5. The van der Waals surface area contributed by atoms with Crippen molar-refractivity contribution in [2.45, 2.75) is 78.2 Å². The van der Waals surface area contributed by atoms with Crippen molar-refractivity contribution in [1.82, 2.24) is 0 Å². The second-order valence-corrected chi connectivity index (χ2v) is 8.61. The minimum absolute atomic E-state index is 1.13. The van der Waals surface area contributed by atoms with E-state index in [9.17, 15) is 65.8 Å². The Bertz CT molecular complexity index is 793. The van der Waals surface area contributed by atoms with Crippen LogP contribution in [0.15, 0.2) is 0 Å². The number of aliphatic hydroxyl groups excluding tert-OH is 9. The zero-order valence-corrected chi connectivity index (χ0v) is 18.2. The molecule has 3 aliphatic heterocycles. The molecule has 0 aromatic rings. The molecule has 0 saturated carbocycles. The van der Waals surface area contributed by atoms with Gasteiger partial charge in [0, 0.05) is 0 Å². The summed E-state index contributed by atoms with van der Waals surface area (Å²) in [4.78, 5) is 25.0. The Morgan fingerprint density at radius 1 is 0.667 bits per heavy atom. The molecule has 3 fully saturated rings. The lowest BCUT2D eigenvalue weighted by molar-refractivity contribution is -0.490. The van der Waals surface area contributed by atoms with Crippen LogP contribution in [-0.2, 0) is 28.5 Å². The fourth-order valence-corrected chi connectivity index (χ4v) is 4.43. The molecule has 12 atom stereocenters. The summed E-state index contributed by atoms with van der Waals surface area (Å²) < 4.78 is 19.3. The molecule has 18 nitrogen and oxygen atoms in total. The topological polar surface area (TPSA) is 314 Å². The molecule has 3 heterocycles. The van der Waals surface area contributed by atoms with Crippen LogP contribution in [0.5, 0.6) is 0 Å². The highest BCUT2D eigenvalue weighted by Crippen LogP contribution is 2.50. The molecule has 0 bridgehead atoms. The van der Waals surface area contributed by atoms with E-state index in [4.69, 9.17) is 19.3 Å². The molecule has 0 spiro atoms.